The van der Waals surface area contributed by atoms with Gasteiger partial charge in [-0.3, -0.25) is 4.79 Å². The van der Waals surface area contributed by atoms with E-state index in [1.807, 2.05) is 19.9 Å². The van der Waals surface area contributed by atoms with E-state index in [1.54, 1.807) is 6.08 Å². The van der Waals surface area contributed by atoms with Crippen molar-refractivity contribution in [1.82, 2.24) is 0 Å². The van der Waals surface area contributed by atoms with Crippen LogP contribution in [-0.4, -0.2) is 43.4 Å². The van der Waals surface area contributed by atoms with Gasteiger partial charge in [0.05, 0.1) is 25.4 Å². The lowest BCUT2D eigenvalue weighted by Crippen LogP contribution is -2.49. The molecule has 0 aromatic rings. The van der Waals surface area contributed by atoms with Crippen LogP contribution in [0.5, 0.6) is 0 Å². The molecule has 2 saturated heterocycles. The van der Waals surface area contributed by atoms with Gasteiger partial charge < -0.3 is 14.2 Å². The number of hydrogen-bond acceptors (Lipinski definition) is 4. The summed E-state index contributed by atoms with van der Waals surface area (Å²) < 4.78 is 17.1. The van der Waals surface area contributed by atoms with Crippen molar-refractivity contribution in [1.29, 1.82) is 0 Å². The number of ketones is 1. The highest BCUT2D eigenvalue weighted by Crippen LogP contribution is 2.29. The largest absolute Gasteiger partial charge is 0.376 e. The van der Waals surface area contributed by atoms with Crippen LogP contribution in [0.4, 0.5) is 0 Å². The van der Waals surface area contributed by atoms with Gasteiger partial charge in [0.15, 0.2) is 5.78 Å². The molecule has 96 valence electrons. The Balaban J connectivity index is 1.87. The summed E-state index contributed by atoms with van der Waals surface area (Å²) in [6.07, 6.45) is 4.88. The molecule has 2 aliphatic rings. The molecule has 2 heterocycles. The van der Waals surface area contributed by atoms with Crippen molar-refractivity contribution in [2.75, 3.05) is 19.8 Å². The molecular formula is C13H20O4. The molecule has 0 aliphatic carbocycles. The van der Waals surface area contributed by atoms with Gasteiger partial charge in [0.1, 0.15) is 12.2 Å². The number of hydrogen-bond donors (Lipinski definition) is 0. The first-order chi connectivity index (χ1) is 8.13. The van der Waals surface area contributed by atoms with Crippen LogP contribution in [0.1, 0.15) is 26.7 Å². The topological polar surface area (TPSA) is 44.8 Å². The fourth-order valence-corrected chi connectivity index (χ4v) is 2.13. The van der Waals surface area contributed by atoms with Gasteiger partial charge in [0, 0.05) is 6.42 Å². The van der Waals surface area contributed by atoms with Gasteiger partial charge in [-0.1, -0.05) is 13.0 Å². The molecule has 3 atom stereocenters. The minimum atomic E-state index is -0.334. The lowest BCUT2D eigenvalue weighted by Gasteiger charge is -2.39. The van der Waals surface area contributed by atoms with Gasteiger partial charge in [-0.15, -0.1) is 0 Å². The van der Waals surface area contributed by atoms with E-state index in [4.69, 9.17) is 14.2 Å². The molecular weight excluding hydrogens is 220 g/mol. The van der Waals surface area contributed by atoms with E-state index in [0.717, 1.165) is 0 Å². The molecule has 4 heteroatoms. The maximum absolute atomic E-state index is 11.2. The SMILES string of the molecule is CCC(=O)/C=C/C[C@]1(C)CO[C@@H]2COC[C@H]2O1. The Morgan fingerprint density at radius 2 is 2.18 bits per heavy atom. The van der Waals surface area contributed by atoms with E-state index in [0.29, 0.717) is 32.7 Å². The minimum absolute atomic E-state index is 0.0454. The number of fused-ring (bicyclic) bond motifs is 1. The lowest BCUT2D eigenvalue weighted by molar-refractivity contribution is -0.207. The highest BCUT2D eigenvalue weighted by Gasteiger charge is 2.41. The van der Waals surface area contributed by atoms with E-state index in [9.17, 15) is 4.79 Å². The summed E-state index contributed by atoms with van der Waals surface area (Å²) in [7, 11) is 0. The van der Waals surface area contributed by atoms with E-state index in [-0.39, 0.29) is 23.6 Å². The van der Waals surface area contributed by atoms with Crippen LogP contribution in [0.15, 0.2) is 12.2 Å². The highest BCUT2D eigenvalue weighted by atomic mass is 16.6. The first-order valence-electron chi connectivity index (χ1n) is 6.19. The summed E-state index contributed by atoms with van der Waals surface area (Å²) in [5.74, 6) is 0.146. The monoisotopic (exact) mass is 240 g/mol. The standard InChI is InChI=1S/C13H20O4/c1-3-10(14)5-4-6-13(2)9-16-11-7-15-8-12(11)17-13/h4-5,11-12H,3,6-9H2,1-2H3/b5-4+/t11-,12-,13-/m1/s1. The van der Waals surface area contributed by atoms with Crippen molar-refractivity contribution in [3.8, 4) is 0 Å². The molecule has 2 fully saturated rings. The Bertz CT molecular complexity index is 313. The molecule has 0 saturated carbocycles. The van der Waals surface area contributed by atoms with E-state index >= 15 is 0 Å². The predicted molar refractivity (Wildman–Crippen MR) is 62.9 cm³/mol. The number of rotatable bonds is 4. The molecule has 0 bridgehead atoms. The quantitative estimate of drug-likeness (QED) is 0.698. The summed E-state index contributed by atoms with van der Waals surface area (Å²) in [4.78, 5) is 11.2. The minimum Gasteiger partial charge on any atom is -0.376 e. The molecule has 17 heavy (non-hydrogen) atoms. The van der Waals surface area contributed by atoms with Crippen LogP contribution < -0.4 is 0 Å². The van der Waals surface area contributed by atoms with E-state index in [2.05, 4.69) is 0 Å². The van der Waals surface area contributed by atoms with Crippen molar-refractivity contribution in [2.24, 2.45) is 0 Å². The zero-order chi connectivity index (χ0) is 12.3. The van der Waals surface area contributed by atoms with Crippen molar-refractivity contribution in [3.63, 3.8) is 0 Å². The van der Waals surface area contributed by atoms with Crippen LogP contribution in [0, 0.1) is 0 Å². The van der Waals surface area contributed by atoms with Gasteiger partial charge in [-0.25, -0.2) is 0 Å². The average molecular weight is 240 g/mol. The number of carbonyl (C=O) groups is 1. The zero-order valence-corrected chi connectivity index (χ0v) is 10.5. The molecule has 0 N–H and O–H groups in total. The summed E-state index contributed by atoms with van der Waals surface area (Å²) in [6, 6.07) is 0. The van der Waals surface area contributed by atoms with Crippen molar-refractivity contribution in [3.05, 3.63) is 12.2 Å². The van der Waals surface area contributed by atoms with Crippen LogP contribution in [0.2, 0.25) is 0 Å². The highest BCUT2D eigenvalue weighted by molar-refractivity contribution is 5.89. The third kappa shape index (κ3) is 3.15. The maximum Gasteiger partial charge on any atom is 0.155 e. The summed E-state index contributed by atoms with van der Waals surface area (Å²) in [5.41, 5.74) is -0.334. The van der Waals surface area contributed by atoms with Gasteiger partial charge in [-0.05, 0) is 19.4 Å². The van der Waals surface area contributed by atoms with Crippen LogP contribution in [0.3, 0.4) is 0 Å². The second-order valence-corrected chi connectivity index (χ2v) is 4.92. The number of carbonyl (C=O) groups excluding carboxylic acids is 1. The molecule has 0 radical (unpaired) electrons. The van der Waals surface area contributed by atoms with Crippen LogP contribution >= 0.6 is 0 Å². The fraction of sp³-hybridized carbons (Fsp3) is 0.769. The molecule has 4 nitrogen and oxygen atoms in total. The average Bonchev–Trinajstić information content (AvgIpc) is 2.75. The molecule has 0 aromatic carbocycles. The first-order valence-corrected chi connectivity index (χ1v) is 6.19. The Kier molecular flexibility index (Phi) is 3.97. The van der Waals surface area contributed by atoms with Crippen molar-refractivity contribution < 1.29 is 19.0 Å². The molecule has 2 aliphatic heterocycles. The Labute approximate surface area is 102 Å². The molecule has 0 spiro atoms. The fourth-order valence-electron chi connectivity index (χ4n) is 2.13. The maximum atomic E-state index is 11.2. The third-order valence-corrected chi connectivity index (χ3v) is 3.22. The second-order valence-electron chi connectivity index (χ2n) is 4.92. The Hall–Kier alpha value is -0.710. The normalized spacial score (nSPS) is 37.3. The van der Waals surface area contributed by atoms with Crippen molar-refractivity contribution >= 4 is 5.78 Å². The van der Waals surface area contributed by atoms with Crippen LogP contribution in [-0.2, 0) is 19.0 Å². The van der Waals surface area contributed by atoms with Crippen LogP contribution in [0.25, 0.3) is 0 Å². The van der Waals surface area contributed by atoms with Gasteiger partial charge in [0.2, 0.25) is 0 Å². The van der Waals surface area contributed by atoms with Gasteiger partial charge in [0.25, 0.3) is 0 Å². The Morgan fingerprint density at radius 3 is 2.94 bits per heavy atom. The number of ether oxygens (including phenoxy) is 3. The summed E-state index contributed by atoms with van der Waals surface area (Å²) in [6.45, 7) is 5.67. The second kappa shape index (κ2) is 5.29. The molecule has 2 rings (SSSR count). The lowest BCUT2D eigenvalue weighted by atomic mass is 10.00. The number of allylic oxidation sites excluding steroid dienone is 1. The van der Waals surface area contributed by atoms with E-state index < -0.39 is 0 Å². The van der Waals surface area contributed by atoms with Crippen molar-refractivity contribution in [2.45, 2.75) is 44.5 Å². The smallest absolute Gasteiger partial charge is 0.155 e. The summed E-state index contributed by atoms with van der Waals surface area (Å²) >= 11 is 0. The summed E-state index contributed by atoms with van der Waals surface area (Å²) in [5, 5.41) is 0. The third-order valence-electron chi connectivity index (χ3n) is 3.22. The van der Waals surface area contributed by atoms with Gasteiger partial charge in [-0.2, -0.15) is 0 Å². The Morgan fingerprint density at radius 1 is 1.41 bits per heavy atom. The van der Waals surface area contributed by atoms with E-state index in [1.165, 1.54) is 0 Å². The van der Waals surface area contributed by atoms with Gasteiger partial charge >= 0.3 is 0 Å². The molecule has 0 aromatic heterocycles. The first kappa shape index (κ1) is 12.7. The predicted octanol–water partition coefficient (Wildman–Crippen LogP) is 1.48. The zero-order valence-electron chi connectivity index (χ0n) is 10.5. The molecule has 0 unspecified atom stereocenters. The molecule has 0 amide bonds.